The van der Waals surface area contributed by atoms with E-state index in [1.807, 2.05) is 6.07 Å². The Kier molecular flexibility index (Phi) is 3.76. The highest BCUT2D eigenvalue weighted by atomic mass is 79.9. The number of benzene rings is 1. The van der Waals surface area contributed by atoms with Gasteiger partial charge in [-0.15, -0.1) is 11.3 Å². The Morgan fingerprint density at radius 2 is 2.20 bits per heavy atom. The topological polar surface area (TPSA) is 55.2 Å². The van der Waals surface area contributed by atoms with Crippen molar-refractivity contribution in [2.24, 2.45) is 0 Å². The van der Waals surface area contributed by atoms with E-state index in [1.54, 1.807) is 23.5 Å². The number of fused-ring (bicyclic) bond motifs is 1. The summed E-state index contributed by atoms with van der Waals surface area (Å²) in [5, 5.41) is 14.4. The summed E-state index contributed by atoms with van der Waals surface area (Å²) in [6, 6.07) is 9.11. The average molecular weight is 353 g/mol. The maximum atomic E-state index is 11.1. The van der Waals surface area contributed by atoms with E-state index in [4.69, 9.17) is 0 Å². The molecule has 4 nitrogen and oxygen atoms in total. The third kappa shape index (κ3) is 2.58. The van der Waals surface area contributed by atoms with Crippen LogP contribution in [0.2, 0.25) is 0 Å². The zero-order valence-electron chi connectivity index (χ0n) is 10.6. The summed E-state index contributed by atoms with van der Waals surface area (Å²) in [6.07, 6.45) is 3.21. The van der Waals surface area contributed by atoms with Gasteiger partial charge in [0, 0.05) is 10.9 Å². The van der Waals surface area contributed by atoms with Gasteiger partial charge in [0.1, 0.15) is 5.69 Å². The molecule has 6 heteroatoms. The molecular weight excluding hydrogens is 340 g/mol. The Morgan fingerprint density at radius 3 is 3.00 bits per heavy atom. The van der Waals surface area contributed by atoms with Crippen LogP contribution in [0.15, 0.2) is 34.1 Å². The Balaban J connectivity index is 1.91. The molecule has 1 N–H and O–H groups in total. The predicted molar refractivity (Wildman–Crippen MR) is 84.4 cm³/mol. The number of aryl methyl sites for hydroxylation is 1. The van der Waals surface area contributed by atoms with Crippen LogP contribution in [0, 0.1) is 10.1 Å². The summed E-state index contributed by atoms with van der Waals surface area (Å²) < 4.78 is 1.12. The van der Waals surface area contributed by atoms with E-state index < -0.39 is 0 Å². The number of thiophene rings is 1. The van der Waals surface area contributed by atoms with Crippen molar-refractivity contribution >= 4 is 38.6 Å². The normalized spacial score (nSPS) is 17.6. The van der Waals surface area contributed by atoms with Crippen molar-refractivity contribution in [3.8, 4) is 0 Å². The minimum absolute atomic E-state index is 0.133. The van der Waals surface area contributed by atoms with E-state index in [1.165, 1.54) is 16.5 Å². The summed E-state index contributed by atoms with van der Waals surface area (Å²) in [5.74, 6) is 0. The molecule has 0 amide bonds. The molecule has 0 aliphatic heterocycles. The third-order valence-corrected chi connectivity index (χ3v) is 5.23. The van der Waals surface area contributed by atoms with Crippen molar-refractivity contribution in [1.29, 1.82) is 0 Å². The molecule has 1 aliphatic rings. The van der Waals surface area contributed by atoms with E-state index in [2.05, 4.69) is 27.3 Å². The molecule has 1 unspecified atom stereocenters. The lowest BCUT2D eigenvalue weighted by atomic mass is 9.94. The fourth-order valence-electron chi connectivity index (χ4n) is 2.61. The molecule has 0 fully saturated rings. The molecular formula is C14H13BrN2O2S. The van der Waals surface area contributed by atoms with Gasteiger partial charge in [0.05, 0.1) is 14.8 Å². The molecule has 2 aromatic rings. The molecule has 1 aromatic heterocycles. The van der Waals surface area contributed by atoms with Crippen LogP contribution in [-0.4, -0.2) is 4.92 Å². The Morgan fingerprint density at radius 1 is 1.40 bits per heavy atom. The zero-order chi connectivity index (χ0) is 14.1. The summed E-state index contributed by atoms with van der Waals surface area (Å²) in [5.41, 5.74) is 2.00. The van der Waals surface area contributed by atoms with Crippen LogP contribution in [0.3, 0.4) is 0 Å². The number of hydrogen-bond donors (Lipinski definition) is 1. The van der Waals surface area contributed by atoms with E-state index in [-0.39, 0.29) is 16.7 Å². The molecule has 1 heterocycles. The second-order valence-corrected chi connectivity index (χ2v) is 7.31. The number of nitro groups is 1. The maximum absolute atomic E-state index is 11.1. The fourth-order valence-corrected chi connectivity index (χ4v) is 4.43. The summed E-state index contributed by atoms with van der Waals surface area (Å²) in [4.78, 5) is 12.1. The second-order valence-electron chi connectivity index (χ2n) is 4.79. The number of halogens is 1. The van der Waals surface area contributed by atoms with Gasteiger partial charge in [0.2, 0.25) is 0 Å². The van der Waals surface area contributed by atoms with Gasteiger partial charge >= 0.3 is 0 Å². The molecule has 0 saturated heterocycles. The number of hydrogen-bond acceptors (Lipinski definition) is 4. The van der Waals surface area contributed by atoms with E-state index in [9.17, 15) is 10.1 Å². The third-order valence-electron chi connectivity index (χ3n) is 3.51. The van der Waals surface area contributed by atoms with Gasteiger partial charge in [-0.05, 0) is 52.9 Å². The minimum Gasteiger partial charge on any atom is -0.373 e. The van der Waals surface area contributed by atoms with Crippen molar-refractivity contribution in [3.05, 3.63) is 54.7 Å². The largest absolute Gasteiger partial charge is 0.373 e. The first-order chi connectivity index (χ1) is 9.65. The van der Waals surface area contributed by atoms with Gasteiger partial charge in [-0.2, -0.15) is 0 Å². The van der Waals surface area contributed by atoms with Crippen LogP contribution < -0.4 is 5.32 Å². The lowest BCUT2D eigenvalue weighted by molar-refractivity contribution is -0.384. The van der Waals surface area contributed by atoms with Crippen molar-refractivity contribution in [2.45, 2.75) is 25.3 Å². The molecule has 0 spiro atoms. The van der Waals surface area contributed by atoms with E-state index in [0.717, 1.165) is 23.0 Å². The number of anilines is 1. The number of nitrogens with one attached hydrogen (secondary N) is 1. The first-order valence-electron chi connectivity index (χ1n) is 6.43. The van der Waals surface area contributed by atoms with Gasteiger partial charge in [0.15, 0.2) is 0 Å². The highest BCUT2D eigenvalue weighted by Gasteiger charge is 2.24. The highest BCUT2D eigenvalue weighted by molar-refractivity contribution is 9.11. The number of nitro benzene ring substituents is 1. The van der Waals surface area contributed by atoms with Crippen LogP contribution in [0.25, 0.3) is 0 Å². The maximum Gasteiger partial charge on any atom is 0.292 e. The quantitative estimate of drug-likeness (QED) is 0.630. The average Bonchev–Trinajstić information content (AvgIpc) is 2.80. The standard InChI is InChI=1S/C14H13BrN2O2S/c15-14-8-9-10(5-3-7-13(9)20-14)16-11-4-1-2-6-12(11)17(18)19/h1-2,4,6,8,10,16H,3,5,7H2. The monoisotopic (exact) mass is 352 g/mol. The Bertz CT molecular complexity index is 656. The van der Waals surface area contributed by atoms with E-state index >= 15 is 0 Å². The Labute approximate surface area is 129 Å². The predicted octanol–water partition coefficient (Wildman–Crippen LogP) is 4.91. The van der Waals surface area contributed by atoms with Gasteiger partial charge in [-0.1, -0.05) is 12.1 Å². The molecule has 0 saturated carbocycles. The van der Waals surface area contributed by atoms with Crippen LogP contribution in [-0.2, 0) is 6.42 Å². The molecule has 20 heavy (non-hydrogen) atoms. The van der Waals surface area contributed by atoms with Crippen LogP contribution in [0.1, 0.15) is 29.3 Å². The Hall–Kier alpha value is -1.40. The lowest BCUT2D eigenvalue weighted by Crippen LogP contribution is -2.16. The fraction of sp³-hybridized carbons (Fsp3) is 0.286. The molecule has 1 aromatic carbocycles. The number of para-hydroxylation sites is 2. The number of nitrogens with zero attached hydrogens (tertiary/aromatic N) is 1. The van der Waals surface area contributed by atoms with Gasteiger partial charge in [0.25, 0.3) is 5.69 Å². The molecule has 0 radical (unpaired) electrons. The van der Waals surface area contributed by atoms with Crippen molar-refractivity contribution in [3.63, 3.8) is 0 Å². The number of rotatable bonds is 3. The second kappa shape index (κ2) is 5.54. The van der Waals surface area contributed by atoms with Gasteiger partial charge in [-0.25, -0.2) is 0 Å². The first-order valence-corrected chi connectivity index (χ1v) is 8.04. The van der Waals surface area contributed by atoms with E-state index in [0.29, 0.717) is 5.69 Å². The summed E-state index contributed by atoms with van der Waals surface area (Å²) in [7, 11) is 0. The minimum atomic E-state index is -0.338. The molecule has 104 valence electrons. The van der Waals surface area contributed by atoms with Gasteiger partial charge in [-0.3, -0.25) is 10.1 Å². The van der Waals surface area contributed by atoms with Crippen LogP contribution >= 0.6 is 27.3 Å². The molecule has 1 aliphatic carbocycles. The summed E-state index contributed by atoms with van der Waals surface area (Å²) in [6.45, 7) is 0. The zero-order valence-corrected chi connectivity index (χ0v) is 13.0. The van der Waals surface area contributed by atoms with Crippen molar-refractivity contribution in [1.82, 2.24) is 0 Å². The smallest absolute Gasteiger partial charge is 0.292 e. The molecule has 0 bridgehead atoms. The SMILES string of the molecule is O=[N+]([O-])c1ccccc1NC1CCCc2sc(Br)cc21. The lowest BCUT2D eigenvalue weighted by Gasteiger charge is -2.24. The molecule has 1 atom stereocenters. The van der Waals surface area contributed by atoms with Crippen LogP contribution in [0.5, 0.6) is 0 Å². The molecule has 3 rings (SSSR count). The highest BCUT2D eigenvalue weighted by Crippen LogP contribution is 2.40. The summed E-state index contributed by atoms with van der Waals surface area (Å²) >= 11 is 5.28. The van der Waals surface area contributed by atoms with Crippen molar-refractivity contribution in [2.75, 3.05) is 5.32 Å². The van der Waals surface area contributed by atoms with Crippen LogP contribution in [0.4, 0.5) is 11.4 Å². The van der Waals surface area contributed by atoms with Gasteiger partial charge < -0.3 is 5.32 Å². The van der Waals surface area contributed by atoms with Crippen molar-refractivity contribution < 1.29 is 4.92 Å². The first kappa shape index (κ1) is 13.6.